The third-order valence-corrected chi connectivity index (χ3v) is 6.43. The van der Waals surface area contributed by atoms with E-state index in [-0.39, 0.29) is 36.9 Å². The Labute approximate surface area is 189 Å². The number of hydrogen-bond donors (Lipinski definition) is 2. The first-order chi connectivity index (χ1) is 15.0. The molecule has 3 heterocycles. The number of nitrogens with one attached hydrogen (secondary N) is 2. The van der Waals surface area contributed by atoms with Gasteiger partial charge in [0.1, 0.15) is 6.61 Å². The second-order valence-corrected chi connectivity index (χ2v) is 9.13. The summed E-state index contributed by atoms with van der Waals surface area (Å²) in [6.45, 7) is 1.94. The molecule has 0 saturated carbocycles. The zero-order valence-electron chi connectivity index (χ0n) is 16.8. The molecule has 8 nitrogen and oxygen atoms in total. The van der Waals surface area contributed by atoms with Gasteiger partial charge in [-0.1, -0.05) is 11.6 Å². The Morgan fingerprint density at radius 1 is 1.13 bits per heavy atom. The lowest BCUT2D eigenvalue weighted by Crippen LogP contribution is -2.43. The minimum atomic E-state index is -0.363. The summed E-state index contributed by atoms with van der Waals surface area (Å²) < 4.78 is 5.76. The Morgan fingerprint density at radius 3 is 2.65 bits per heavy atom. The maximum absolute atomic E-state index is 12.8. The Kier molecular flexibility index (Phi) is 6.86. The lowest BCUT2D eigenvalue weighted by Gasteiger charge is -2.27. The van der Waals surface area contributed by atoms with E-state index in [1.165, 1.54) is 11.3 Å². The highest BCUT2D eigenvalue weighted by Crippen LogP contribution is 2.26. The highest BCUT2D eigenvalue weighted by Gasteiger charge is 2.32. The van der Waals surface area contributed by atoms with Crippen LogP contribution in [0.4, 0.5) is 16.4 Å². The largest absolute Gasteiger partial charge is 0.370 e. The zero-order valence-corrected chi connectivity index (χ0v) is 18.4. The van der Waals surface area contributed by atoms with Crippen LogP contribution in [-0.4, -0.2) is 61.5 Å². The van der Waals surface area contributed by atoms with Crippen LogP contribution in [0.25, 0.3) is 0 Å². The summed E-state index contributed by atoms with van der Waals surface area (Å²) in [5.74, 6) is -0.384. The number of likely N-dealkylation sites (tertiary alicyclic amines) is 1. The first-order valence-corrected chi connectivity index (χ1v) is 11.3. The Bertz CT molecular complexity index is 965. The summed E-state index contributed by atoms with van der Waals surface area (Å²) in [7, 11) is 0. The first-order valence-electron chi connectivity index (χ1n) is 10.1. The number of hydrogen-bond acceptors (Lipinski definition) is 6. The summed E-state index contributed by atoms with van der Waals surface area (Å²) in [5, 5.41) is 6.44. The first kappa shape index (κ1) is 21.8. The number of benzene rings is 1. The predicted octanol–water partition coefficient (Wildman–Crippen LogP) is 2.81. The number of amides is 3. The Balaban J connectivity index is 1.32. The van der Waals surface area contributed by atoms with E-state index in [1.807, 2.05) is 17.0 Å². The van der Waals surface area contributed by atoms with Crippen molar-refractivity contribution in [1.82, 2.24) is 4.90 Å². The molecule has 0 spiro atoms. The monoisotopic (exact) mass is 462 g/mol. The van der Waals surface area contributed by atoms with E-state index in [1.54, 1.807) is 29.2 Å². The van der Waals surface area contributed by atoms with Gasteiger partial charge in [-0.25, -0.2) is 0 Å². The van der Waals surface area contributed by atoms with E-state index in [9.17, 15) is 14.4 Å². The molecule has 0 aliphatic carbocycles. The molecule has 2 N–H and O–H groups in total. The third-order valence-electron chi connectivity index (χ3n) is 5.28. The van der Waals surface area contributed by atoms with Crippen molar-refractivity contribution < 1.29 is 19.1 Å². The van der Waals surface area contributed by atoms with E-state index in [4.69, 9.17) is 16.3 Å². The molecular weight excluding hydrogens is 440 g/mol. The van der Waals surface area contributed by atoms with Crippen LogP contribution in [0, 0.1) is 0 Å². The molecule has 10 heteroatoms. The molecule has 0 bridgehead atoms. The Morgan fingerprint density at radius 2 is 1.94 bits per heavy atom. The van der Waals surface area contributed by atoms with Crippen molar-refractivity contribution in [2.75, 3.05) is 48.4 Å². The standard InChI is InChI=1S/C21H23ClN4O4S/c22-17-7-8-19(31-17)24-18(27)12-25-9-1-2-16(25)21(29)23-14-3-5-15(6-4-14)26-10-11-30-13-20(26)28/h3-8,16H,1-2,9-13H2,(H,23,29)(H,24,27). The summed E-state index contributed by atoms with van der Waals surface area (Å²) in [4.78, 5) is 40.7. The number of morpholine rings is 1. The highest BCUT2D eigenvalue weighted by molar-refractivity contribution is 7.20. The number of ether oxygens (including phenoxy) is 1. The molecule has 164 valence electrons. The summed E-state index contributed by atoms with van der Waals surface area (Å²) in [5.41, 5.74) is 1.43. The van der Waals surface area contributed by atoms with E-state index in [0.29, 0.717) is 41.1 Å². The van der Waals surface area contributed by atoms with E-state index in [2.05, 4.69) is 10.6 Å². The van der Waals surface area contributed by atoms with Crippen LogP contribution in [0.5, 0.6) is 0 Å². The van der Waals surface area contributed by atoms with Gasteiger partial charge in [-0.15, -0.1) is 11.3 Å². The average Bonchev–Trinajstić information content (AvgIpc) is 3.38. The molecular formula is C21H23ClN4O4S. The van der Waals surface area contributed by atoms with Gasteiger partial charge in [0.2, 0.25) is 11.8 Å². The van der Waals surface area contributed by atoms with Crippen LogP contribution in [0.1, 0.15) is 12.8 Å². The van der Waals surface area contributed by atoms with Gasteiger partial charge in [0.15, 0.2) is 0 Å². The fourth-order valence-corrected chi connectivity index (χ4v) is 4.76. The van der Waals surface area contributed by atoms with Gasteiger partial charge >= 0.3 is 0 Å². The number of anilines is 3. The molecule has 2 aliphatic rings. The smallest absolute Gasteiger partial charge is 0.253 e. The van der Waals surface area contributed by atoms with Gasteiger partial charge in [0, 0.05) is 17.9 Å². The summed E-state index contributed by atoms with van der Waals surface area (Å²) >= 11 is 7.19. The van der Waals surface area contributed by atoms with Crippen molar-refractivity contribution >= 4 is 57.0 Å². The van der Waals surface area contributed by atoms with Crippen molar-refractivity contribution in [2.45, 2.75) is 18.9 Å². The second-order valence-electron chi connectivity index (χ2n) is 7.41. The minimum absolute atomic E-state index is 0.0762. The molecule has 2 aliphatic heterocycles. The summed E-state index contributed by atoms with van der Waals surface area (Å²) in [6, 6.07) is 10.3. The van der Waals surface area contributed by atoms with Gasteiger partial charge in [0.05, 0.1) is 28.5 Å². The molecule has 2 fully saturated rings. The fraction of sp³-hybridized carbons (Fsp3) is 0.381. The number of thiophene rings is 1. The molecule has 2 aromatic rings. The van der Waals surface area contributed by atoms with Gasteiger partial charge < -0.3 is 20.3 Å². The molecule has 1 aromatic carbocycles. The fourth-order valence-electron chi connectivity index (χ4n) is 3.80. The number of rotatable bonds is 6. The highest BCUT2D eigenvalue weighted by atomic mass is 35.5. The van der Waals surface area contributed by atoms with Gasteiger partial charge in [-0.3, -0.25) is 19.3 Å². The van der Waals surface area contributed by atoms with Gasteiger partial charge in [-0.2, -0.15) is 0 Å². The average molecular weight is 463 g/mol. The number of halogens is 1. The maximum Gasteiger partial charge on any atom is 0.253 e. The van der Waals surface area contributed by atoms with Crippen LogP contribution < -0.4 is 15.5 Å². The molecule has 1 aromatic heterocycles. The number of nitrogens with zero attached hydrogens (tertiary/aromatic N) is 2. The normalized spacial score (nSPS) is 19.5. The van der Waals surface area contributed by atoms with E-state index < -0.39 is 0 Å². The van der Waals surface area contributed by atoms with Gasteiger partial charge in [-0.05, 0) is 55.8 Å². The predicted molar refractivity (Wildman–Crippen MR) is 121 cm³/mol. The van der Waals surface area contributed by atoms with E-state index in [0.717, 1.165) is 12.1 Å². The van der Waals surface area contributed by atoms with Crippen molar-refractivity contribution in [3.05, 3.63) is 40.7 Å². The van der Waals surface area contributed by atoms with E-state index >= 15 is 0 Å². The molecule has 2 saturated heterocycles. The topological polar surface area (TPSA) is 91.0 Å². The zero-order chi connectivity index (χ0) is 21.8. The van der Waals surface area contributed by atoms with Gasteiger partial charge in [0.25, 0.3) is 5.91 Å². The number of carbonyl (C=O) groups excluding carboxylic acids is 3. The molecule has 3 amide bonds. The van der Waals surface area contributed by atoms with Crippen molar-refractivity contribution in [2.24, 2.45) is 0 Å². The van der Waals surface area contributed by atoms with Crippen molar-refractivity contribution in [1.29, 1.82) is 0 Å². The minimum Gasteiger partial charge on any atom is -0.370 e. The maximum atomic E-state index is 12.8. The third kappa shape index (κ3) is 5.43. The molecule has 4 rings (SSSR count). The quantitative estimate of drug-likeness (QED) is 0.688. The molecule has 1 atom stereocenters. The van der Waals surface area contributed by atoms with Crippen LogP contribution in [0.3, 0.4) is 0 Å². The lowest BCUT2D eigenvalue weighted by atomic mass is 10.2. The lowest BCUT2D eigenvalue weighted by molar-refractivity contribution is -0.126. The van der Waals surface area contributed by atoms with Crippen molar-refractivity contribution in [3.8, 4) is 0 Å². The number of carbonyl (C=O) groups is 3. The van der Waals surface area contributed by atoms with Crippen LogP contribution >= 0.6 is 22.9 Å². The SMILES string of the molecule is O=C(CN1CCCC1C(=O)Nc1ccc(N2CCOCC2=O)cc1)Nc1ccc(Cl)s1. The molecule has 1 unspecified atom stereocenters. The second kappa shape index (κ2) is 9.78. The molecule has 31 heavy (non-hydrogen) atoms. The Hall–Kier alpha value is -2.46. The summed E-state index contributed by atoms with van der Waals surface area (Å²) in [6.07, 6.45) is 1.55. The molecule has 0 radical (unpaired) electrons. The van der Waals surface area contributed by atoms with Crippen LogP contribution in [0.15, 0.2) is 36.4 Å². The van der Waals surface area contributed by atoms with Crippen LogP contribution in [0.2, 0.25) is 4.34 Å². The van der Waals surface area contributed by atoms with Crippen molar-refractivity contribution in [3.63, 3.8) is 0 Å². The van der Waals surface area contributed by atoms with Crippen LogP contribution in [-0.2, 0) is 19.1 Å².